The lowest BCUT2D eigenvalue weighted by molar-refractivity contribution is 0.342. The Labute approximate surface area is 118 Å². The predicted octanol–water partition coefficient (Wildman–Crippen LogP) is 2.73. The number of aliphatic imine (C=N–C) groups is 1. The Kier molecular flexibility index (Phi) is 3.23. The van der Waals surface area contributed by atoms with Gasteiger partial charge in [-0.3, -0.25) is 4.99 Å². The van der Waals surface area contributed by atoms with Crippen LogP contribution < -0.4 is 5.73 Å². The fraction of sp³-hybridized carbons (Fsp3) is 0.273. The zero-order chi connectivity index (χ0) is 12.5. The Hall–Kier alpha value is -1.11. The zero-order valence-electron chi connectivity index (χ0n) is 9.41. The maximum atomic E-state index is 5.95. The Bertz CT molecular complexity index is 563. The van der Waals surface area contributed by atoms with Gasteiger partial charge in [0.1, 0.15) is 15.4 Å². The van der Waals surface area contributed by atoms with Crippen LogP contribution in [0.3, 0.4) is 0 Å². The van der Waals surface area contributed by atoms with E-state index in [9.17, 15) is 0 Å². The molecule has 0 aromatic carbocycles. The third-order valence-corrected chi connectivity index (χ3v) is 4.86. The maximum Gasteiger partial charge on any atom is 0.192 e. The molecule has 2 aromatic heterocycles. The van der Waals surface area contributed by atoms with Gasteiger partial charge in [-0.05, 0) is 11.4 Å². The van der Waals surface area contributed by atoms with Crippen molar-refractivity contribution in [3.8, 4) is 0 Å². The maximum absolute atomic E-state index is 5.95. The minimum absolute atomic E-state index is 0.115. The second-order valence-corrected chi connectivity index (χ2v) is 6.65. The third-order valence-electron chi connectivity index (χ3n) is 2.78. The zero-order valence-corrected chi connectivity index (χ0v) is 11.8. The van der Waals surface area contributed by atoms with Gasteiger partial charge in [-0.2, -0.15) is 0 Å². The standard InChI is InChI=1S/C11H11ClN4S2/c12-9-5-14-10(18-9)8-4-15-11(13)16(8)6-7-2-1-3-17-7/h1-3,5,8H,4,6H2,(H2,13,15). The van der Waals surface area contributed by atoms with Gasteiger partial charge in [0.2, 0.25) is 0 Å². The van der Waals surface area contributed by atoms with Crippen LogP contribution in [-0.2, 0) is 6.54 Å². The summed E-state index contributed by atoms with van der Waals surface area (Å²) in [6.07, 6.45) is 1.68. The number of thiazole rings is 1. The van der Waals surface area contributed by atoms with Crippen LogP contribution in [0.5, 0.6) is 0 Å². The molecule has 0 bridgehead atoms. The van der Waals surface area contributed by atoms with Crippen LogP contribution in [0.4, 0.5) is 0 Å². The van der Waals surface area contributed by atoms with E-state index >= 15 is 0 Å². The first-order valence-electron chi connectivity index (χ1n) is 5.44. The van der Waals surface area contributed by atoms with E-state index in [1.54, 1.807) is 17.5 Å². The van der Waals surface area contributed by atoms with E-state index in [1.807, 2.05) is 6.07 Å². The number of aromatic nitrogens is 1. The van der Waals surface area contributed by atoms with Crippen molar-refractivity contribution in [2.45, 2.75) is 12.6 Å². The van der Waals surface area contributed by atoms with Gasteiger partial charge in [-0.15, -0.1) is 22.7 Å². The van der Waals surface area contributed by atoms with Gasteiger partial charge in [0.05, 0.1) is 19.3 Å². The van der Waals surface area contributed by atoms with Gasteiger partial charge >= 0.3 is 0 Å². The average Bonchev–Trinajstić information content (AvgIpc) is 3.04. The second kappa shape index (κ2) is 4.87. The SMILES string of the molecule is NC1=NCC(c2ncc(Cl)s2)N1Cc1cccs1. The number of nitrogens with two attached hydrogens (primary N) is 1. The minimum Gasteiger partial charge on any atom is -0.370 e. The summed E-state index contributed by atoms with van der Waals surface area (Å²) >= 11 is 9.15. The first kappa shape index (κ1) is 12.0. The summed E-state index contributed by atoms with van der Waals surface area (Å²) in [5, 5.41) is 3.04. The molecule has 3 rings (SSSR count). The molecule has 2 aromatic rings. The molecule has 94 valence electrons. The van der Waals surface area contributed by atoms with Crippen molar-refractivity contribution >= 4 is 40.2 Å². The molecule has 0 amide bonds. The lowest BCUT2D eigenvalue weighted by Gasteiger charge is -2.23. The van der Waals surface area contributed by atoms with Crippen molar-refractivity contribution in [2.75, 3.05) is 6.54 Å². The van der Waals surface area contributed by atoms with Crippen LogP contribution in [0.15, 0.2) is 28.7 Å². The van der Waals surface area contributed by atoms with Gasteiger partial charge < -0.3 is 10.6 Å². The fourth-order valence-electron chi connectivity index (χ4n) is 1.92. The molecule has 0 radical (unpaired) electrons. The third kappa shape index (κ3) is 2.23. The molecule has 0 spiro atoms. The van der Waals surface area contributed by atoms with E-state index in [-0.39, 0.29) is 6.04 Å². The Morgan fingerprint density at radius 3 is 3.11 bits per heavy atom. The highest BCUT2D eigenvalue weighted by Crippen LogP contribution is 2.32. The fourth-order valence-corrected chi connectivity index (χ4v) is 3.66. The number of nitrogens with zero attached hydrogens (tertiary/aromatic N) is 3. The Balaban J connectivity index is 1.83. The summed E-state index contributed by atoms with van der Waals surface area (Å²) in [4.78, 5) is 12.0. The Morgan fingerprint density at radius 1 is 1.56 bits per heavy atom. The molecule has 2 N–H and O–H groups in total. The lowest BCUT2D eigenvalue weighted by Crippen LogP contribution is -2.35. The molecule has 18 heavy (non-hydrogen) atoms. The lowest BCUT2D eigenvalue weighted by atomic mass is 10.3. The van der Waals surface area contributed by atoms with Crippen LogP contribution in [-0.4, -0.2) is 22.4 Å². The molecule has 0 aliphatic carbocycles. The Morgan fingerprint density at radius 2 is 2.44 bits per heavy atom. The van der Waals surface area contributed by atoms with E-state index in [4.69, 9.17) is 17.3 Å². The van der Waals surface area contributed by atoms with E-state index in [2.05, 4.69) is 26.3 Å². The topological polar surface area (TPSA) is 54.5 Å². The van der Waals surface area contributed by atoms with Gasteiger partial charge in [0.15, 0.2) is 5.96 Å². The van der Waals surface area contributed by atoms with E-state index < -0.39 is 0 Å². The quantitative estimate of drug-likeness (QED) is 0.948. The number of thiophene rings is 1. The average molecular weight is 299 g/mol. The molecule has 1 aliphatic heterocycles. The van der Waals surface area contributed by atoms with Crippen molar-refractivity contribution in [3.05, 3.63) is 37.9 Å². The summed E-state index contributed by atoms with van der Waals surface area (Å²) < 4.78 is 0.701. The van der Waals surface area contributed by atoms with Crippen molar-refractivity contribution < 1.29 is 0 Å². The number of halogens is 1. The smallest absolute Gasteiger partial charge is 0.192 e. The molecule has 1 unspecified atom stereocenters. The molecule has 7 heteroatoms. The van der Waals surface area contributed by atoms with Crippen molar-refractivity contribution in [2.24, 2.45) is 10.7 Å². The summed E-state index contributed by atoms with van der Waals surface area (Å²) in [6, 6.07) is 4.26. The van der Waals surface area contributed by atoms with Crippen LogP contribution >= 0.6 is 34.3 Å². The molecular formula is C11H11ClN4S2. The molecule has 0 fully saturated rings. The molecule has 4 nitrogen and oxygen atoms in total. The van der Waals surface area contributed by atoms with E-state index in [1.165, 1.54) is 16.2 Å². The molecule has 0 saturated carbocycles. The number of hydrogen-bond acceptors (Lipinski definition) is 6. The molecule has 1 aliphatic rings. The molecular weight excluding hydrogens is 288 g/mol. The van der Waals surface area contributed by atoms with Crippen LogP contribution in [0.1, 0.15) is 15.9 Å². The highest BCUT2D eigenvalue weighted by molar-refractivity contribution is 7.15. The number of rotatable bonds is 3. The second-order valence-electron chi connectivity index (χ2n) is 3.92. The first-order chi connectivity index (χ1) is 8.74. The summed E-state index contributed by atoms with van der Waals surface area (Å²) in [7, 11) is 0. The summed E-state index contributed by atoms with van der Waals surface area (Å²) in [5.41, 5.74) is 5.95. The first-order valence-corrected chi connectivity index (χ1v) is 7.51. The van der Waals surface area contributed by atoms with Gasteiger partial charge in [0.25, 0.3) is 0 Å². The largest absolute Gasteiger partial charge is 0.370 e. The van der Waals surface area contributed by atoms with Crippen molar-refractivity contribution in [1.29, 1.82) is 0 Å². The van der Waals surface area contributed by atoms with E-state index in [0.29, 0.717) is 16.8 Å². The normalized spacial score (nSPS) is 19.3. The van der Waals surface area contributed by atoms with Crippen molar-refractivity contribution in [3.63, 3.8) is 0 Å². The van der Waals surface area contributed by atoms with Crippen LogP contribution in [0, 0.1) is 0 Å². The molecule has 3 heterocycles. The predicted molar refractivity (Wildman–Crippen MR) is 76.2 cm³/mol. The highest BCUT2D eigenvalue weighted by atomic mass is 35.5. The number of guanidine groups is 1. The van der Waals surface area contributed by atoms with Gasteiger partial charge in [-0.1, -0.05) is 17.7 Å². The minimum atomic E-state index is 0.115. The van der Waals surface area contributed by atoms with Crippen molar-refractivity contribution in [1.82, 2.24) is 9.88 Å². The summed E-state index contributed by atoms with van der Waals surface area (Å²) in [5.74, 6) is 0.583. The van der Waals surface area contributed by atoms with Crippen LogP contribution in [0.2, 0.25) is 4.34 Å². The van der Waals surface area contributed by atoms with E-state index in [0.717, 1.165) is 11.6 Å². The van der Waals surface area contributed by atoms with Crippen LogP contribution in [0.25, 0.3) is 0 Å². The molecule has 1 atom stereocenters. The van der Waals surface area contributed by atoms with Gasteiger partial charge in [-0.25, -0.2) is 4.98 Å². The van der Waals surface area contributed by atoms with Gasteiger partial charge in [0, 0.05) is 4.88 Å². The summed E-state index contributed by atoms with van der Waals surface area (Å²) in [6.45, 7) is 1.43. The monoisotopic (exact) mass is 298 g/mol. The number of hydrogen-bond donors (Lipinski definition) is 1. The molecule has 0 saturated heterocycles. The highest BCUT2D eigenvalue weighted by Gasteiger charge is 2.29.